The van der Waals surface area contributed by atoms with Crippen LogP contribution in [-0.2, 0) is 4.79 Å². The number of carboxylic acid groups (broad SMARTS) is 1. The summed E-state index contributed by atoms with van der Waals surface area (Å²) in [4.78, 5) is 24.5. The van der Waals surface area contributed by atoms with Crippen LogP contribution in [0.4, 0.5) is 4.79 Å². The molecule has 0 rings (SSSR count). The predicted molar refractivity (Wildman–Crippen MR) is 76.7 cm³/mol. The number of carbonyl (C=O) groups is 2. The van der Waals surface area contributed by atoms with E-state index in [1.165, 1.54) is 0 Å². The lowest BCUT2D eigenvalue weighted by Crippen LogP contribution is -2.46. The minimum absolute atomic E-state index is 0.00192. The van der Waals surface area contributed by atoms with E-state index in [1.807, 2.05) is 0 Å². The molecule has 0 heterocycles. The van der Waals surface area contributed by atoms with Gasteiger partial charge in [-0.3, -0.25) is 0 Å². The summed E-state index contributed by atoms with van der Waals surface area (Å²) in [6.07, 6.45) is 1.80. The van der Waals surface area contributed by atoms with Crippen molar-refractivity contribution < 1.29 is 19.8 Å². The van der Waals surface area contributed by atoms with Crippen LogP contribution in [-0.4, -0.2) is 65.9 Å². The first-order valence-electron chi connectivity index (χ1n) is 6.96. The first-order valence-corrected chi connectivity index (χ1v) is 6.96. The Morgan fingerprint density at radius 2 is 1.90 bits per heavy atom. The van der Waals surface area contributed by atoms with Crippen molar-refractivity contribution in [3.8, 4) is 0 Å². The van der Waals surface area contributed by atoms with Crippen LogP contribution in [0, 0.1) is 0 Å². The molecular weight excluding hydrogens is 262 g/mol. The van der Waals surface area contributed by atoms with E-state index in [4.69, 9.17) is 10.2 Å². The van der Waals surface area contributed by atoms with Crippen molar-refractivity contribution >= 4 is 12.0 Å². The molecule has 0 aliphatic carbocycles. The maximum absolute atomic E-state index is 11.5. The number of carbonyl (C=O) groups excluding carboxylic acids is 1. The first kappa shape index (κ1) is 18.7. The highest BCUT2D eigenvalue weighted by Gasteiger charge is 2.18. The molecule has 7 nitrogen and oxygen atoms in total. The van der Waals surface area contributed by atoms with E-state index in [1.54, 1.807) is 0 Å². The van der Waals surface area contributed by atoms with Crippen molar-refractivity contribution in [3.05, 3.63) is 0 Å². The molecule has 4 N–H and O–H groups in total. The van der Waals surface area contributed by atoms with E-state index in [0.717, 1.165) is 19.4 Å². The summed E-state index contributed by atoms with van der Waals surface area (Å²) in [5.41, 5.74) is 0. The molecule has 0 saturated heterocycles. The highest BCUT2D eigenvalue weighted by molar-refractivity contribution is 5.82. The lowest BCUT2D eigenvalue weighted by molar-refractivity contribution is -0.139. The standard InChI is InChI=1S/C13H27N3O4/c1-10(2)16(3)8-5-4-7-14-13(20)15-11(6-9-17)12(18)19/h10-11,17H,4-9H2,1-3H3,(H,18,19)(H2,14,15,20)/t11-/m0/s1. The Bertz CT molecular complexity index is 297. The number of unbranched alkanes of at least 4 members (excludes halogenated alkanes) is 1. The second-order valence-corrected chi connectivity index (χ2v) is 5.08. The third kappa shape index (κ3) is 8.71. The van der Waals surface area contributed by atoms with Crippen LogP contribution >= 0.6 is 0 Å². The monoisotopic (exact) mass is 289 g/mol. The van der Waals surface area contributed by atoms with E-state index >= 15 is 0 Å². The molecule has 7 heteroatoms. The molecule has 0 aromatic heterocycles. The average Bonchev–Trinajstić information content (AvgIpc) is 2.37. The Labute approximate surface area is 120 Å². The summed E-state index contributed by atoms with van der Waals surface area (Å²) in [6.45, 7) is 5.43. The Balaban J connectivity index is 3.75. The van der Waals surface area contributed by atoms with Gasteiger partial charge in [-0.1, -0.05) is 0 Å². The third-order valence-electron chi connectivity index (χ3n) is 3.13. The second-order valence-electron chi connectivity index (χ2n) is 5.08. The topological polar surface area (TPSA) is 102 Å². The molecule has 2 amide bonds. The molecule has 0 bridgehead atoms. The zero-order valence-corrected chi connectivity index (χ0v) is 12.6. The molecule has 0 spiro atoms. The fraction of sp³-hybridized carbons (Fsp3) is 0.846. The molecule has 20 heavy (non-hydrogen) atoms. The lowest BCUT2D eigenvalue weighted by Gasteiger charge is -2.20. The molecule has 0 unspecified atom stereocenters. The quantitative estimate of drug-likeness (QED) is 0.432. The number of rotatable bonds is 10. The number of hydrogen-bond acceptors (Lipinski definition) is 4. The summed E-state index contributed by atoms with van der Waals surface area (Å²) < 4.78 is 0. The van der Waals surface area contributed by atoms with Gasteiger partial charge in [0.2, 0.25) is 0 Å². The SMILES string of the molecule is CC(C)N(C)CCCCNC(=O)N[C@@H](CCO)C(=O)O. The van der Waals surface area contributed by atoms with Gasteiger partial charge in [0.1, 0.15) is 6.04 Å². The molecule has 0 aliphatic heterocycles. The van der Waals surface area contributed by atoms with Crippen molar-refractivity contribution in [2.75, 3.05) is 26.7 Å². The van der Waals surface area contributed by atoms with Gasteiger partial charge in [-0.05, 0) is 40.3 Å². The molecule has 118 valence electrons. The zero-order valence-electron chi connectivity index (χ0n) is 12.6. The third-order valence-corrected chi connectivity index (χ3v) is 3.13. The van der Waals surface area contributed by atoms with Crippen molar-refractivity contribution in [2.45, 2.75) is 45.2 Å². The molecule has 1 atom stereocenters. The first-order chi connectivity index (χ1) is 9.38. The van der Waals surface area contributed by atoms with Crippen molar-refractivity contribution in [3.63, 3.8) is 0 Å². The fourth-order valence-electron chi connectivity index (χ4n) is 1.54. The summed E-state index contributed by atoms with van der Waals surface area (Å²) in [5.74, 6) is -1.15. The number of urea groups is 1. The van der Waals surface area contributed by atoms with Crippen LogP contribution in [0.5, 0.6) is 0 Å². The normalized spacial score (nSPS) is 12.5. The number of nitrogens with one attached hydrogen (secondary N) is 2. The van der Waals surface area contributed by atoms with Crippen LogP contribution in [0.1, 0.15) is 33.1 Å². The minimum Gasteiger partial charge on any atom is -0.480 e. The van der Waals surface area contributed by atoms with Gasteiger partial charge in [-0.25, -0.2) is 9.59 Å². The van der Waals surface area contributed by atoms with E-state index in [9.17, 15) is 9.59 Å². The Kier molecular flexibility index (Phi) is 9.75. The minimum atomic E-state index is -1.15. The van der Waals surface area contributed by atoms with Gasteiger partial charge in [-0.15, -0.1) is 0 Å². The number of aliphatic hydroxyl groups excluding tert-OH is 1. The largest absolute Gasteiger partial charge is 0.480 e. The number of aliphatic hydroxyl groups is 1. The molecule has 0 saturated carbocycles. The molecule has 0 aliphatic rings. The Hall–Kier alpha value is -1.34. The van der Waals surface area contributed by atoms with Crippen LogP contribution < -0.4 is 10.6 Å². The van der Waals surface area contributed by atoms with Crippen LogP contribution in [0.3, 0.4) is 0 Å². The van der Waals surface area contributed by atoms with Crippen LogP contribution in [0.15, 0.2) is 0 Å². The Morgan fingerprint density at radius 1 is 1.25 bits per heavy atom. The molecule has 0 fully saturated rings. The number of nitrogens with zero attached hydrogens (tertiary/aromatic N) is 1. The maximum atomic E-state index is 11.5. The molecule has 0 aromatic carbocycles. The summed E-state index contributed by atoms with van der Waals surface area (Å²) in [7, 11) is 2.05. The number of carboxylic acids is 1. The van der Waals surface area contributed by atoms with Gasteiger partial charge in [0, 0.05) is 25.6 Å². The maximum Gasteiger partial charge on any atom is 0.326 e. The Morgan fingerprint density at radius 3 is 2.40 bits per heavy atom. The summed E-state index contributed by atoms with van der Waals surface area (Å²) in [5, 5.41) is 22.4. The summed E-state index contributed by atoms with van der Waals surface area (Å²) >= 11 is 0. The van der Waals surface area contributed by atoms with Crippen molar-refractivity contribution in [1.29, 1.82) is 0 Å². The molecule has 0 radical (unpaired) electrons. The van der Waals surface area contributed by atoms with Crippen LogP contribution in [0.25, 0.3) is 0 Å². The van der Waals surface area contributed by atoms with Gasteiger partial charge in [0.15, 0.2) is 0 Å². The van der Waals surface area contributed by atoms with Gasteiger partial charge in [-0.2, -0.15) is 0 Å². The van der Waals surface area contributed by atoms with Gasteiger partial charge < -0.3 is 25.7 Å². The van der Waals surface area contributed by atoms with Gasteiger partial charge >= 0.3 is 12.0 Å². The highest BCUT2D eigenvalue weighted by atomic mass is 16.4. The second kappa shape index (κ2) is 10.4. The average molecular weight is 289 g/mol. The fourth-order valence-corrected chi connectivity index (χ4v) is 1.54. The number of amides is 2. The van der Waals surface area contributed by atoms with E-state index in [-0.39, 0.29) is 13.0 Å². The van der Waals surface area contributed by atoms with E-state index < -0.39 is 18.0 Å². The predicted octanol–water partition coefficient (Wildman–Crippen LogP) is 0.242. The highest BCUT2D eigenvalue weighted by Crippen LogP contribution is 1.97. The van der Waals surface area contributed by atoms with E-state index in [2.05, 4.69) is 36.4 Å². The number of hydrogen-bond donors (Lipinski definition) is 4. The molecular formula is C13H27N3O4. The lowest BCUT2D eigenvalue weighted by atomic mass is 10.2. The summed E-state index contributed by atoms with van der Waals surface area (Å²) in [6, 6.07) is -1.06. The molecule has 0 aromatic rings. The number of aliphatic carboxylic acids is 1. The smallest absolute Gasteiger partial charge is 0.326 e. The zero-order chi connectivity index (χ0) is 15.5. The van der Waals surface area contributed by atoms with Gasteiger partial charge in [0.05, 0.1) is 0 Å². The van der Waals surface area contributed by atoms with Crippen molar-refractivity contribution in [2.24, 2.45) is 0 Å². The van der Waals surface area contributed by atoms with Crippen molar-refractivity contribution in [1.82, 2.24) is 15.5 Å². The van der Waals surface area contributed by atoms with Crippen LogP contribution in [0.2, 0.25) is 0 Å². The van der Waals surface area contributed by atoms with Gasteiger partial charge in [0.25, 0.3) is 0 Å². The van der Waals surface area contributed by atoms with E-state index in [0.29, 0.717) is 12.6 Å².